The standard InChI is InChI=1S/C8H12N2O2S2/c1-4(3-11)6-5(7(9)12)10-8(13-2)14-6/h4,11H,3H2,1-2H3,(H2,9,12)/t4-/m1/s1. The van der Waals surface area contributed by atoms with Crippen LogP contribution in [0.15, 0.2) is 4.34 Å². The first kappa shape index (κ1) is 11.5. The van der Waals surface area contributed by atoms with Crippen LogP contribution in [-0.2, 0) is 0 Å². The molecule has 0 spiro atoms. The number of rotatable bonds is 4. The molecule has 1 aromatic heterocycles. The molecule has 0 aliphatic rings. The Morgan fingerprint density at radius 1 is 1.79 bits per heavy atom. The molecule has 0 aliphatic carbocycles. The summed E-state index contributed by atoms with van der Waals surface area (Å²) in [6.45, 7) is 1.83. The summed E-state index contributed by atoms with van der Waals surface area (Å²) in [6.07, 6.45) is 1.89. The molecule has 0 radical (unpaired) electrons. The summed E-state index contributed by atoms with van der Waals surface area (Å²) in [5, 5.41) is 9.00. The Balaban J connectivity index is 3.12. The van der Waals surface area contributed by atoms with Gasteiger partial charge in [-0.3, -0.25) is 4.79 Å². The van der Waals surface area contributed by atoms with Gasteiger partial charge in [-0.05, 0) is 6.26 Å². The van der Waals surface area contributed by atoms with Crippen LogP contribution in [0.25, 0.3) is 0 Å². The van der Waals surface area contributed by atoms with Crippen molar-refractivity contribution in [2.75, 3.05) is 12.9 Å². The molecule has 0 bridgehead atoms. The smallest absolute Gasteiger partial charge is 0.268 e. The van der Waals surface area contributed by atoms with Crippen LogP contribution in [0.1, 0.15) is 28.2 Å². The highest BCUT2D eigenvalue weighted by Crippen LogP contribution is 2.30. The topological polar surface area (TPSA) is 76.2 Å². The molecule has 14 heavy (non-hydrogen) atoms. The molecule has 0 saturated heterocycles. The van der Waals surface area contributed by atoms with Gasteiger partial charge in [-0.1, -0.05) is 18.7 Å². The van der Waals surface area contributed by atoms with Gasteiger partial charge < -0.3 is 10.8 Å². The molecular formula is C8H12N2O2S2. The van der Waals surface area contributed by atoms with Gasteiger partial charge in [0.1, 0.15) is 5.69 Å². The molecule has 1 atom stereocenters. The van der Waals surface area contributed by atoms with Gasteiger partial charge in [0.05, 0.1) is 6.61 Å². The first-order chi connectivity index (χ1) is 6.60. The van der Waals surface area contributed by atoms with Crippen molar-refractivity contribution in [3.8, 4) is 0 Å². The van der Waals surface area contributed by atoms with Crippen LogP contribution in [0.2, 0.25) is 0 Å². The fourth-order valence-corrected chi connectivity index (χ4v) is 2.62. The van der Waals surface area contributed by atoms with Gasteiger partial charge in [-0.25, -0.2) is 4.98 Å². The third kappa shape index (κ3) is 2.26. The minimum absolute atomic E-state index is 0.00368. The molecule has 0 aliphatic heterocycles. The second-order valence-corrected chi connectivity index (χ2v) is 4.93. The van der Waals surface area contributed by atoms with Crippen molar-refractivity contribution in [3.63, 3.8) is 0 Å². The van der Waals surface area contributed by atoms with E-state index in [1.807, 2.05) is 13.2 Å². The van der Waals surface area contributed by atoms with Crippen molar-refractivity contribution < 1.29 is 9.90 Å². The third-order valence-electron chi connectivity index (χ3n) is 1.76. The molecule has 0 aromatic carbocycles. The number of nitrogens with two attached hydrogens (primary N) is 1. The van der Waals surface area contributed by atoms with E-state index in [0.29, 0.717) is 5.69 Å². The summed E-state index contributed by atoms with van der Waals surface area (Å²) in [5.41, 5.74) is 5.48. The lowest BCUT2D eigenvalue weighted by molar-refractivity contribution is 0.0994. The summed E-state index contributed by atoms with van der Waals surface area (Å²) in [6, 6.07) is 0. The van der Waals surface area contributed by atoms with Crippen LogP contribution in [-0.4, -0.2) is 28.9 Å². The Morgan fingerprint density at radius 3 is 2.86 bits per heavy atom. The molecule has 4 nitrogen and oxygen atoms in total. The number of nitrogens with zero attached hydrogens (tertiary/aromatic N) is 1. The van der Waals surface area contributed by atoms with Crippen LogP contribution in [0.4, 0.5) is 0 Å². The molecular weight excluding hydrogens is 220 g/mol. The number of aliphatic hydroxyl groups is 1. The van der Waals surface area contributed by atoms with E-state index < -0.39 is 5.91 Å². The van der Waals surface area contributed by atoms with E-state index >= 15 is 0 Å². The van der Waals surface area contributed by atoms with E-state index in [9.17, 15) is 4.79 Å². The number of hydrogen-bond donors (Lipinski definition) is 2. The van der Waals surface area contributed by atoms with Gasteiger partial charge in [0.15, 0.2) is 4.34 Å². The Morgan fingerprint density at radius 2 is 2.43 bits per heavy atom. The molecule has 0 saturated carbocycles. The second-order valence-electron chi connectivity index (χ2n) is 2.84. The molecule has 0 fully saturated rings. The van der Waals surface area contributed by atoms with Gasteiger partial charge in [0.25, 0.3) is 5.91 Å². The zero-order valence-electron chi connectivity index (χ0n) is 7.98. The first-order valence-electron chi connectivity index (χ1n) is 4.05. The summed E-state index contributed by atoms with van der Waals surface area (Å²) < 4.78 is 0.800. The van der Waals surface area contributed by atoms with E-state index in [1.54, 1.807) is 0 Å². The van der Waals surface area contributed by atoms with Crippen LogP contribution >= 0.6 is 23.1 Å². The third-order valence-corrected chi connectivity index (χ3v) is 4.04. The van der Waals surface area contributed by atoms with Gasteiger partial charge in [0.2, 0.25) is 0 Å². The minimum Gasteiger partial charge on any atom is -0.396 e. The lowest BCUT2D eigenvalue weighted by atomic mass is 10.1. The molecule has 1 aromatic rings. The molecule has 1 heterocycles. The molecule has 1 rings (SSSR count). The maximum absolute atomic E-state index is 11.0. The van der Waals surface area contributed by atoms with Gasteiger partial charge in [-0.15, -0.1) is 11.3 Å². The van der Waals surface area contributed by atoms with E-state index in [-0.39, 0.29) is 12.5 Å². The SMILES string of the molecule is CSc1nc(C(N)=O)c([C@H](C)CO)s1. The van der Waals surface area contributed by atoms with E-state index in [2.05, 4.69) is 4.98 Å². The summed E-state index contributed by atoms with van der Waals surface area (Å²) in [5.74, 6) is -0.618. The summed E-state index contributed by atoms with van der Waals surface area (Å²) in [7, 11) is 0. The average Bonchev–Trinajstić information content (AvgIpc) is 2.60. The maximum Gasteiger partial charge on any atom is 0.268 e. The van der Waals surface area contributed by atoms with E-state index in [4.69, 9.17) is 10.8 Å². The van der Waals surface area contributed by atoms with Crippen molar-refractivity contribution in [1.82, 2.24) is 4.98 Å². The number of aliphatic hydroxyl groups excluding tert-OH is 1. The number of thioether (sulfide) groups is 1. The van der Waals surface area contributed by atoms with Crippen molar-refractivity contribution in [1.29, 1.82) is 0 Å². The largest absolute Gasteiger partial charge is 0.396 e. The fraction of sp³-hybridized carbons (Fsp3) is 0.500. The number of carbonyl (C=O) groups is 1. The van der Waals surface area contributed by atoms with E-state index in [0.717, 1.165) is 9.22 Å². The Kier molecular flexibility index (Phi) is 3.91. The molecule has 6 heteroatoms. The zero-order chi connectivity index (χ0) is 10.7. The zero-order valence-corrected chi connectivity index (χ0v) is 9.61. The second kappa shape index (κ2) is 4.77. The number of amides is 1. The van der Waals surface area contributed by atoms with Crippen LogP contribution in [0, 0.1) is 0 Å². The number of hydrogen-bond acceptors (Lipinski definition) is 5. The van der Waals surface area contributed by atoms with Crippen molar-refractivity contribution in [2.45, 2.75) is 17.2 Å². The van der Waals surface area contributed by atoms with Gasteiger partial charge in [0, 0.05) is 10.8 Å². The highest BCUT2D eigenvalue weighted by Gasteiger charge is 2.19. The van der Waals surface area contributed by atoms with Crippen LogP contribution in [0.3, 0.4) is 0 Å². The van der Waals surface area contributed by atoms with Crippen molar-refractivity contribution in [2.24, 2.45) is 5.73 Å². The predicted octanol–water partition coefficient (Wildman–Crippen LogP) is 1.06. The van der Waals surface area contributed by atoms with E-state index in [1.165, 1.54) is 23.1 Å². The number of primary amides is 1. The van der Waals surface area contributed by atoms with Gasteiger partial charge in [-0.2, -0.15) is 0 Å². The number of aromatic nitrogens is 1. The van der Waals surface area contributed by atoms with Crippen molar-refractivity contribution in [3.05, 3.63) is 10.6 Å². The summed E-state index contributed by atoms with van der Waals surface area (Å²) >= 11 is 2.88. The molecule has 3 N–H and O–H groups in total. The lowest BCUT2D eigenvalue weighted by Gasteiger charge is -2.04. The number of thiazole rings is 1. The highest BCUT2D eigenvalue weighted by molar-refractivity contribution is 8.00. The normalized spacial score (nSPS) is 12.8. The first-order valence-corrected chi connectivity index (χ1v) is 6.09. The molecule has 0 unspecified atom stereocenters. The fourth-order valence-electron chi connectivity index (χ4n) is 0.992. The molecule has 1 amide bonds. The predicted molar refractivity (Wildman–Crippen MR) is 57.9 cm³/mol. The van der Waals surface area contributed by atoms with Gasteiger partial charge >= 0.3 is 0 Å². The van der Waals surface area contributed by atoms with Crippen LogP contribution < -0.4 is 5.73 Å². The highest BCUT2D eigenvalue weighted by atomic mass is 32.2. The monoisotopic (exact) mass is 232 g/mol. The Hall–Kier alpha value is -0.590. The Bertz CT molecular complexity index is 338. The summed E-state index contributed by atoms with van der Waals surface area (Å²) in [4.78, 5) is 15.9. The molecule has 78 valence electrons. The minimum atomic E-state index is -0.531. The van der Waals surface area contributed by atoms with Crippen molar-refractivity contribution >= 4 is 29.0 Å². The average molecular weight is 232 g/mol. The van der Waals surface area contributed by atoms with Crippen LogP contribution in [0.5, 0.6) is 0 Å². The Labute approximate surface area is 90.5 Å². The maximum atomic E-state index is 11.0. The number of carbonyl (C=O) groups excluding carboxylic acids is 1. The quantitative estimate of drug-likeness (QED) is 0.761. The lowest BCUT2D eigenvalue weighted by Crippen LogP contribution is -2.15.